The molecule has 4 nitrogen and oxygen atoms in total. The van der Waals surface area contributed by atoms with Crippen LogP contribution < -0.4 is 0 Å². The summed E-state index contributed by atoms with van der Waals surface area (Å²) in [6.45, 7) is 8.65. The minimum atomic E-state index is -0.498. The van der Waals surface area contributed by atoms with E-state index in [4.69, 9.17) is 0 Å². The lowest BCUT2D eigenvalue weighted by atomic mass is 10.0. The number of rotatable bonds is 9. The number of hydrogen-bond donors (Lipinski definition) is 0. The molecular formula is C16H29NO3Si. The van der Waals surface area contributed by atoms with Crippen molar-refractivity contribution in [2.45, 2.75) is 70.9 Å². The zero-order chi connectivity index (χ0) is 16.0. The highest BCUT2D eigenvalue weighted by molar-refractivity contribution is 6.47. The van der Waals surface area contributed by atoms with E-state index in [1.807, 2.05) is 13.8 Å². The summed E-state index contributed by atoms with van der Waals surface area (Å²) in [5.74, 6) is 0.481. The van der Waals surface area contributed by atoms with E-state index in [0.717, 1.165) is 19.3 Å². The summed E-state index contributed by atoms with van der Waals surface area (Å²) in [6, 6.07) is 0. The van der Waals surface area contributed by atoms with Crippen LogP contribution in [0, 0.1) is 5.92 Å². The van der Waals surface area contributed by atoms with Gasteiger partial charge >= 0.3 is 0 Å². The molecule has 5 heteroatoms. The van der Waals surface area contributed by atoms with Crippen LogP contribution in [0.25, 0.3) is 0 Å². The Hall–Kier alpha value is -0.973. The van der Waals surface area contributed by atoms with Crippen LogP contribution in [-0.2, 0) is 14.4 Å². The van der Waals surface area contributed by atoms with Crippen molar-refractivity contribution in [2.24, 2.45) is 5.92 Å². The number of carbonyl (C=O) groups excluding carboxylic acids is 3. The van der Waals surface area contributed by atoms with E-state index in [9.17, 15) is 14.4 Å². The summed E-state index contributed by atoms with van der Waals surface area (Å²) >= 11 is 0. The molecule has 0 saturated carbocycles. The highest BCUT2D eigenvalue weighted by atomic mass is 28.2. The Morgan fingerprint density at radius 3 is 2.43 bits per heavy atom. The van der Waals surface area contributed by atoms with E-state index in [2.05, 4.69) is 13.8 Å². The van der Waals surface area contributed by atoms with E-state index >= 15 is 0 Å². The second-order valence-corrected chi connectivity index (χ2v) is 9.94. The highest BCUT2D eigenvalue weighted by Gasteiger charge is 2.38. The van der Waals surface area contributed by atoms with Gasteiger partial charge in [-0.3, -0.25) is 19.3 Å². The molecule has 0 aliphatic carbocycles. The average molecular weight is 311 g/mol. The summed E-state index contributed by atoms with van der Waals surface area (Å²) in [7, 11) is -0.498. The van der Waals surface area contributed by atoms with Gasteiger partial charge in [0.15, 0.2) is 0 Å². The molecule has 2 amide bonds. The molecule has 0 aromatic heterocycles. The molecule has 1 unspecified atom stereocenters. The van der Waals surface area contributed by atoms with Crippen LogP contribution in [0.5, 0.6) is 0 Å². The van der Waals surface area contributed by atoms with E-state index in [0.29, 0.717) is 30.7 Å². The number of likely N-dealkylation sites (tertiary alicyclic amines) is 1. The van der Waals surface area contributed by atoms with Crippen LogP contribution in [0.4, 0.5) is 0 Å². The van der Waals surface area contributed by atoms with Gasteiger partial charge in [-0.05, 0) is 12.8 Å². The van der Waals surface area contributed by atoms with Gasteiger partial charge in [0.05, 0.1) is 0 Å². The Morgan fingerprint density at radius 1 is 1.19 bits per heavy atom. The number of carbonyl (C=O) groups is 3. The molecule has 1 aliphatic rings. The fraction of sp³-hybridized carbons (Fsp3) is 0.812. The summed E-state index contributed by atoms with van der Waals surface area (Å²) in [5, 5.41) is 0. The third kappa shape index (κ3) is 5.73. The van der Waals surface area contributed by atoms with Gasteiger partial charge in [-0.1, -0.05) is 39.7 Å². The fourth-order valence-corrected chi connectivity index (χ4v) is 4.75. The maximum Gasteiger partial charge on any atom is 0.229 e. The van der Waals surface area contributed by atoms with E-state index in [1.165, 1.54) is 4.90 Å². The first kappa shape index (κ1) is 18.1. The van der Waals surface area contributed by atoms with Crippen LogP contribution in [-0.4, -0.2) is 38.6 Å². The third-order valence-corrected chi connectivity index (χ3v) is 6.19. The zero-order valence-electron chi connectivity index (χ0n) is 13.9. The van der Waals surface area contributed by atoms with Gasteiger partial charge in [0.25, 0.3) is 0 Å². The molecule has 1 aliphatic heterocycles. The molecule has 0 aromatic carbocycles. The van der Waals surface area contributed by atoms with Crippen LogP contribution >= 0.6 is 0 Å². The molecule has 1 atom stereocenters. The van der Waals surface area contributed by atoms with Gasteiger partial charge in [-0.15, -0.1) is 0 Å². The van der Waals surface area contributed by atoms with Crippen molar-refractivity contribution in [3.8, 4) is 0 Å². The summed E-state index contributed by atoms with van der Waals surface area (Å²) in [4.78, 5) is 37.1. The van der Waals surface area contributed by atoms with Crippen molar-refractivity contribution in [3.63, 3.8) is 0 Å². The first-order chi connectivity index (χ1) is 9.82. The molecule has 0 N–H and O–H groups in total. The van der Waals surface area contributed by atoms with Crippen LogP contribution in [0.3, 0.4) is 0 Å². The van der Waals surface area contributed by atoms with Crippen molar-refractivity contribution in [1.29, 1.82) is 0 Å². The Morgan fingerprint density at radius 2 is 1.86 bits per heavy atom. The number of unbranched alkanes of at least 4 members (excludes halogenated alkanes) is 2. The largest absolute Gasteiger partial charge is 0.299 e. The van der Waals surface area contributed by atoms with Crippen molar-refractivity contribution < 1.29 is 14.4 Å². The Bertz CT molecular complexity index is 393. The molecule has 120 valence electrons. The smallest absolute Gasteiger partial charge is 0.229 e. The number of nitrogens with zero attached hydrogens (tertiary/aromatic N) is 1. The molecule has 1 rings (SSSR count). The van der Waals surface area contributed by atoms with Crippen LogP contribution in [0.1, 0.15) is 59.8 Å². The minimum Gasteiger partial charge on any atom is -0.299 e. The predicted molar refractivity (Wildman–Crippen MR) is 87.0 cm³/mol. The number of hydrogen-bond acceptors (Lipinski definition) is 3. The van der Waals surface area contributed by atoms with Crippen molar-refractivity contribution in [2.75, 3.05) is 6.54 Å². The molecule has 21 heavy (non-hydrogen) atoms. The normalized spacial score (nSPS) is 19.7. The van der Waals surface area contributed by atoms with Crippen molar-refractivity contribution in [1.82, 2.24) is 4.90 Å². The molecule has 0 radical (unpaired) electrons. The third-order valence-electron chi connectivity index (χ3n) is 4.04. The second-order valence-electron chi connectivity index (χ2n) is 6.85. The topological polar surface area (TPSA) is 54.5 Å². The van der Waals surface area contributed by atoms with Gasteiger partial charge < -0.3 is 0 Å². The van der Waals surface area contributed by atoms with Crippen molar-refractivity contribution >= 4 is 27.1 Å². The quantitative estimate of drug-likeness (QED) is 0.373. The van der Waals surface area contributed by atoms with E-state index in [1.54, 1.807) is 0 Å². The van der Waals surface area contributed by atoms with Gasteiger partial charge in [0, 0.05) is 40.4 Å². The highest BCUT2D eigenvalue weighted by Crippen LogP contribution is 2.27. The number of amides is 2. The lowest BCUT2D eigenvalue weighted by Crippen LogP contribution is -2.31. The fourth-order valence-electron chi connectivity index (χ4n) is 2.77. The van der Waals surface area contributed by atoms with Crippen LogP contribution in [0.15, 0.2) is 0 Å². The Kier molecular flexibility index (Phi) is 7.29. The van der Waals surface area contributed by atoms with E-state index < -0.39 is 9.52 Å². The first-order valence-corrected chi connectivity index (χ1v) is 9.83. The lowest BCUT2D eigenvalue weighted by molar-refractivity contribution is -0.138. The first-order valence-electron chi connectivity index (χ1n) is 8.19. The lowest BCUT2D eigenvalue weighted by Gasteiger charge is -2.15. The molecular weight excluding hydrogens is 282 g/mol. The molecule has 1 saturated heterocycles. The number of imide groups is 1. The molecule has 1 fully saturated rings. The van der Waals surface area contributed by atoms with Gasteiger partial charge in [0.2, 0.25) is 11.8 Å². The van der Waals surface area contributed by atoms with E-state index in [-0.39, 0.29) is 23.3 Å². The molecule has 0 aromatic rings. The summed E-state index contributed by atoms with van der Waals surface area (Å²) < 4.78 is 0. The zero-order valence-corrected chi connectivity index (χ0v) is 15.3. The summed E-state index contributed by atoms with van der Waals surface area (Å²) in [5.41, 5.74) is 0.605. The monoisotopic (exact) mass is 311 g/mol. The maximum absolute atomic E-state index is 12.2. The number of Topliss-reactive ketones (excluding diaryl/α,β-unsaturated/α-hetero) is 1. The Labute approximate surface area is 130 Å². The standard InChI is InChI=1S/C16H29NO3Si/c1-11(2)13(18)8-6-5-7-9-17-15(19)10-14(16(17)20)21-12(3)4/h11-12,14H,5-10,21H2,1-4H3. The van der Waals surface area contributed by atoms with Gasteiger partial charge in [-0.25, -0.2) is 0 Å². The predicted octanol–water partition coefficient (Wildman–Crippen LogP) is 2.32. The second kappa shape index (κ2) is 8.46. The molecule has 0 spiro atoms. The minimum absolute atomic E-state index is 0.0106. The average Bonchev–Trinajstić information content (AvgIpc) is 2.64. The van der Waals surface area contributed by atoms with Gasteiger partial charge in [0.1, 0.15) is 5.78 Å². The maximum atomic E-state index is 12.2. The van der Waals surface area contributed by atoms with Crippen molar-refractivity contribution in [3.05, 3.63) is 0 Å². The Balaban J connectivity index is 2.27. The number of ketones is 1. The van der Waals surface area contributed by atoms with Crippen LogP contribution in [0.2, 0.25) is 11.1 Å². The molecule has 1 heterocycles. The SMILES string of the molecule is CC(C)[SiH2]C1CC(=O)N(CCCCCC(=O)C(C)C)C1=O. The molecule has 0 bridgehead atoms. The van der Waals surface area contributed by atoms with Gasteiger partial charge in [-0.2, -0.15) is 0 Å². The summed E-state index contributed by atoms with van der Waals surface area (Å²) in [6.07, 6.45) is 3.63.